The van der Waals surface area contributed by atoms with Crippen molar-refractivity contribution in [3.05, 3.63) is 182 Å². The summed E-state index contributed by atoms with van der Waals surface area (Å²) < 4.78 is 6.38. The highest BCUT2D eigenvalue weighted by Crippen LogP contribution is 2.50. The van der Waals surface area contributed by atoms with Crippen molar-refractivity contribution < 1.29 is 4.70 Å². The third kappa shape index (κ3) is 4.95. The van der Waals surface area contributed by atoms with Crippen LogP contribution in [-0.2, 0) is 0 Å². The minimum absolute atomic E-state index is 0. The molecule has 0 aliphatic carbocycles. The van der Waals surface area contributed by atoms with E-state index in [2.05, 4.69) is 182 Å². The Morgan fingerprint density at radius 1 is 0.250 bits per heavy atom. The van der Waals surface area contributed by atoms with Crippen LogP contribution < -0.4 is 40.7 Å². The summed E-state index contributed by atoms with van der Waals surface area (Å²) in [6, 6.07) is 65.7. The molecular weight excluding hydrogens is 527 g/mol. The fourth-order valence-corrected chi connectivity index (χ4v) is 14.8. The van der Waals surface area contributed by atoms with Crippen molar-refractivity contribution in [1.82, 2.24) is 4.17 Å². The average Bonchev–Trinajstić information content (AvgIpc) is 3.04. The molecule has 0 saturated carbocycles. The monoisotopic (exact) mass is 557 g/mol. The predicted molar refractivity (Wildman–Crippen MR) is 172 cm³/mol. The number of hydrogen-bond acceptors (Lipinski definition) is 0. The number of hydrogen-bond donors (Lipinski definition) is 0. The maximum Gasteiger partial charge on any atom is 0.301 e. The third-order valence-electron chi connectivity index (χ3n) is 7.05. The summed E-state index contributed by atoms with van der Waals surface area (Å²) in [6.07, 6.45) is 0. The van der Waals surface area contributed by atoms with Gasteiger partial charge in [0.25, 0.3) is 0 Å². The second-order valence-corrected chi connectivity index (χ2v) is 15.7. The molecule has 1 nitrogen and oxygen atoms in total. The highest BCUT2D eigenvalue weighted by Gasteiger charge is 2.44. The number of halogens is 1. The Morgan fingerprint density at radius 3 is 0.550 bits per heavy atom. The smallest absolute Gasteiger partial charge is 0.301 e. The Hall–Kier alpha value is -4.18. The maximum absolute atomic E-state index is 6.38. The molecule has 0 saturated heterocycles. The predicted octanol–water partition coefficient (Wildman–Crippen LogP) is 3.41. The molecule has 6 aromatic rings. The van der Waals surface area contributed by atoms with Gasteiger partial charge in [0.1, 0.15) is 0 Å². The summed E-state index contributed by atoms with van der Waals surface area (Å²) in [4.78, 5) is 0. The van der Waals surface area contributed by atoms with E-state index in [1.165, 1.54) is 31.8 Å². The SMILES string of the molecule is [F-].c1ccc(P(=[N+]=P(c2ccccc2)(c2ccccc2)c2ccccc2)(c2ccccc2)c2ccccc2)cc1. The van der Waals surface area contributed by atoms with Crippen molar-refractivity contribution in [2.24, 2.45) is 0 Å². The van der Waals surface area contributed by atoms with Crippen LogP contribution in [0.1, 0.15) is 0 Å². The molecule has 0 unspecified atom stereocenters. The van der Waals surface area contributed by atoms with Gasteiger partial charge in [-0.2, -0.15) is 0 Å². The highest BCUT2D eigenvalue weighted by atomic mass is 31.2. The molecule has 0 atom stereocenters. The molecule has 0 heterocycles. The Labute approximate surface area is 236 Å². The maximum atomic E-state index is 6.38. The summed E-state index contributed by atoms with van der Waals surface area (Å²) in [5.41, 5.74) is 0. The zero-order valence-electron chi connectivity index (χ0n) is 22.0. The van der Waals surface area contributed by atoms with Gasteiger partial charge in [0.05, 0.1) is 31.8 Å². The van der Waals surface area contributed by atoms with Crippen molar-refractivity contribution in [3.8, 4) is 0 Å². The standard InChI is InChI=1S/C36H30NP2.FH/c1-7-19-31(20-8-1)38(32-21-9-2-10-22-32,33-23-11-3-12-24-33)37-39(34-25-13-4-14-26-34,35-27-15-5-16-28-35)36-29-17-6-18-30-36;/h1-30H;1H/q+1;/p-1. The molecule has 0 aliphatic heterocycles. The molecule has 6 aromatic carbocycles. The van der Waals surface area contributed by atoms with E-state index >= 15 is 0 Å². The van der Waals surface area contributed by atoms with Crippen molar-refractivity contribution in [2.75, 3.05) is 0 Å². The second-order valence-electron chi connectivity index (χ2n) is 9.37. The number of rotatable bonds is 6. The van der Waals surface area contributed by atoms with E-state index in [-0.39, 0.29) is 4.70 Å². The van der Waals surface area contributed by atoms with Crippen molar-refractivity contribution in [3.63, 3.8) is 0 Å². The molecule has 0 aliphatic rings. The number of nitrogens with zero attached hydrogens (tertiary/aromatic N) is 1. The summed E-state index contributed by atoms with van der Waals surface area (Å²) in [5.74, 6) is 0. The van der Waals surface area contributed by atoms with Gasteiger partial charge in [0.2, 0.25) is 0 Å². The fraction of sp³-hybridized carbons (Fsp3) is 0. The zero-order valence-corrected chi connectivity index (χ0v) is 23.8. The molecule has 0 aromatic heterocycles. The van der Waals surface area contributed by atoms with Crippen LogP contribution in [0.25, 0.3) is 0 Å². The van der Waals surface area contributed by atoms with Gasteiger partial charge in [-0.25, -0.2) is 0 Å². The van der Waals surface area contributed by atoms with Gasteiger partial charge >= 0.3 is 14.1 Å². The average molecular weight is 558 g/mol. The van der Waals surface area contributed by atoms with Gasteiger partial charge in [-0.15, -0.1) is 4.17 Å². The molecule has 0 amide bonds. The molecule has 0 radical (unpaired) electrons. The number of benzene rings is 6. The molecule has 4 heteroatoms. The molecule has 0 fully saturated rings. The molecule has 0 bridgehead atoms. The van der Waals surface area contributed by atoms with Crippen LogP contribution in [0.3, 0.4) is 0 Å². The largest absolute Gasteiger partial charge is 1.00 e. The first-order valence-corrected chi connectivity index (χ1v) is 16.7. The molecular formula is C36H30FNP2. The summed E-state index contributed by atoms with van der Waals surface area (Å²) in [5, 5.41) is 7.55. The van der Waals surface area contributed by atoms with E-state index in [1.807, 2.05) is 0 Å². The Kier molecular flexibility index (Phi) is 8.45. The molecule has 40 heavy (non-hydrogen) atoms. The van der Waals surface area contributed by atoms with Crippen LogP contribution >= 0.6 is 14.1 Å². The van der Waals surface area contributed by atoms with Gasteiger partial charge in [-0.3, -0.25) is 0 Å². The minimum Gasteiger partial charge on any atom is -1.00 e. The first-order valence-electron chi connectivity index (χ1n) is 13.2. The molecule has 0 N–H and O–H groups in total. The van der Waals surface area contributed by atoms with E-state index in [4.69, 9.17) is 4.17 Å². The molecule has 0 spiro atoms. The minimum atomic E-state index is -2.50. The van der Waals surface area contributed by atoms with Crippen LogP contribution in [0.2, 0.25) is 0 Å². The zero-order chi connectivity index (χ0) is 26.4. The van der Waals surface area contributed by atoms with Gasteiger partial charge in [0, 0.05) is 0 Å². The summed E-state index contributed by atoms with van der Waals surface area (Å²) in [6.45, 7) is 0. The lowest BCUT2D eigenvalue weighted by Crippen LogP contribution is -3.00. The van der Waals surface area contributed by atoms with Crippen LogP contribution in [0.5, 0.6) is 0 Å². The first kappa shape index (κ1) is 27.4. The van der Waals surface area contributed by atoms with Crippen molar-refractivity contribution in [1.29, 1.82) is 0 Å². The summed E-state index contributed by atoms with van der Waals surface area (Å²) >= 11 is 0. The fourth-order valence-electron chi connectivity index (χ4n) is 5.27. The quantitative estimate of drug-likeness (QED) is 0.220. The summed E-state index contributed by atoms with van der Waals surface area (Å²) in [7, 11) is -4.99. The van der Waals surface area contributed by atoms with Gasteiger partial charge < -0.3 is 4.70 Å². The van der Waals surface area contributed by atoms with Gasteiger partial charge in [0.15, 0.2) is 0 Å². The Bertz CT molecular complexity index is 1430. The van der Waals surface area contributed by atoms with Crippen molar-refractivity contribution >= 4 is 45.9 Å². The van der Waals surface area contributed by atoms with E-state index in [9.17, 15) is 0 Å². The van der Waals surface area contributed by atoms with Crippen LogP contribution in [0.4, 0.5) is 0 Å². The van der Waals surface area contributed by atoms with Crippen LogP contribution in [0, 0.1) is 0 Å². The van der Waals surface area contributed by atoms with E-state index in [0.29, 0.717) is 0 Å². The third-order valence-corrected chi connectivity index (χ3v) is 15.5. The van der Waals surface area contributed by atoms with Gasteiger partial charge in [-0.1, -0.05) is 109 Å². The normalized spacial score (nSPS) is 11.2. The highest BCUT2D eigenvalue weighted by molar-refractivity contribution is 7.93. The van der Waals surface area contributed by atoms with E-state index < -0.39 is 14.1 Å². The van der Waals surface area contributed by atoms with E-state index in [1.54, 1.807) is 0 Å². The topological polar surface area (TPSA) is 14.1 Å². The van der Waals surface area contributed by atoms with Crippen LogP contribution in [-0.4, -0.2) is 0 Å². The first-order chi connectivity index (χ1) is 19.3. The lowest BCUT2D eigenvalue weighted by molar-refractivity contribution is -0.00000752. The van der Waals surface area contributed by atoms with Crippen LogP contribution in [0.15, 0.2) is 182 Å². The van der Waals surface area contributed by atoms with Gasteiger partial charge in [-0.05, 0) is 72.8 Å². The van der Waals surface area contributed by atoms with E-state index in [0.717, 1.165) is 0 Å². The Morgan fingerprint density at radius 2 is 0.400 bits per heavy atom. The molecule has 6 rings (SSSR count). The van der Waals surface area contributed by atoms with Crippen molar-refractivity contribution in [2.45, 2.75) is 0 Å². The lowest BCUT2D eigenvalue weighted by atomic mass is 10.4. The second kappa shape index (κ2) is 12.3. The lowest BCUT2D eigenvalue weighted by Gasteiger charge is -2.20. The Balaban J connectivity index is 0.00000323. The molecule has 196 valence electrons.